The summed E-state index contributed by atoms with van der Waals surface area (Å²) in [5.41, 5.74) is -0.530. The molecule has 1 fully saturated rings. The van der Waals surface area contributed by atoms with Crippen LogP contribution >= 0.6 is 11.6 Å². The van der Waals surface area contributed by atoms with Crippen molar-refractivity contribution in [1.29, 1.82) is 0 Å². The number of anilines is 1. The molecule has 9 heteroatoms. The van der Waals surface area contributed by atoms with Gasteiger partial charge in [-0.2, -0.15) is 18.3 Å². The Morgan fingerprint density at radius 3 is 2.86 bits per heavy atom. The Kier molecular flexibility index (Phi) is 4.77. The number of halogens is 4. The van der Waals surface area contributed by atoms with Gasteiger partial charge in [-0.05, 0) is 19.9 Å². The minimum atomic E-state index is -4.51. The van der Waals surface area contributed by atoms with Gasteiger partial charge >= 0.3 is 6.18 Å². The lowest BCUT2D eigenvalue weighted by molar-refractivity contribution is -0.143. The highest BCUT2D eigenvalue weighted by Gasteiger charge is 2.30. The SMILES string of the molecule is CNC1CCCN(c2cnn(CC(F)(F)F)c(=O)c2Cl)C1. The highest BCUT2D eigenvalue weighted by atomic mass is 35.5. The highest BCUT2D eigenvalue weighted by Crippen LogP contribution is 2.25. The molecule has 1 aromatic heterocycles. The smallest absolute Gasteiger partial charge is 0.367 e. The molecule has 21 heavy (non-hydrogen) atoms. The van der Waals surface area contributed by atoms with E-state index in [0.29, 0.717) is 23.5 Å². The maximum Gasteiger partial charge on any atom is 0.408 e. The van der Waals surface area contributed by atoms with Crippen molar-refractivity contribution in [3.8, 4) is 0 Å². The summed E-state index contributed by atoms with van der Waals surface area (Å²) in [5, 5.41) is 6.51. The van der Waals surface area contributed by atoms with Crippen molar-refractivity contribution in [2.24, 2.45) is 0 Å². The molecule has 0 bridgehead atoms. The molecule has 0 amide bonds. The molecule has 0 spiro atoms. The number of rotatable bonds is 3. The van der Waals surface area contributed by atoms with Gasteiger partial charge in [0.2, 0.25) is 0 Å². The molecule has 0 saturated carbocycles. The average molecular weight is 325 g/mol. The van der Waals surface area contributed by atoms with Crippen molar-refractivity contribution in [2.75, 3.05) is 25.0 Å². The van der Waals surface area contributed by atoms with Gasteiger partial charge in [0.25, 0.3) is 5.56 Å². The second kappa shape index (κ2) is 6.23. The Morgan fingerprint density at radius 2 is 2.24 bits per heavy atom. The maximum atomic E-state index is 12.3. The van der Waals surface area contributed by atoms with Crippen LogP contribution in [-0.2, 0) is 6.54 Å². The number of hydrogen-bond donors (Lipinski definition) is 1. The van der Waals surface area contributed by atoms with E-state index >= 15 is 0 Å². The molecule has 1 saturated heterocycles. The predicted octanol–water partition coefficient (Wildman–Crippen LogP) is 1.65. The van der Waals surface area contributed by atoms with Crippen LogP contribution in [0.15, 0.2) is 11.0 Å². The first-order valence-electron chi connectivity index (χ1n) is 6.56. The number of nitrogens with one attached hydrogen (secondary N) is 1. The third-order valence-corrected chi connectivity index (χ3v) is 3.82. The normalized spacial score (nSPS) is 19.9. The van der Waals surface area contributed by atoms with Crippen LogP contribution in [0.1, 0.15) is 12.8 Å². The first-order valence-corrected chi connectivity index (χ1v) is 6.94. The fourth-order valence-electron chi connectivity index (χ4n) is 2.39. The highest BCUT2D eigenvalue weighted by molar-refractivity contribution is 6.33. The zero-order valence-electron chi connectivity index (χ0n) is 11.5. The summed E-state index contributed by atoms with van der Waals surface area (Å²) >= 11 is 5.95. The van der Waals surface area contributed by atoms with Gasteiger partial charge in [-0.1, -0.05) is 11.6 Å². The van der Waals surface area contributed by atoms with E-state index in [2.05, 4.69) is 10.4 Å². The number of nitrogens with zero attached hydrogens (tertiary/aromatic N) is 3. The molecule has 118 valence electrons. The zero-order valence-corrected chi connectivity index (χ0v) is 12.2. The standard InChI is InChI=1S/C12H16ClF3N4O/c1-17-8-3-2-4-19(6-8)9-5-18-20(7-12(14,15)16)11(21)10(9)13/h5,8,17H,2-4,6-7H2,1H3. The fourth-order valence-corrected chi connectivity index (χ4v) is 2.66. The molecule has 1 unspecified atom stereocenters. The van der Waals surface area contributed by atoms with Crippen LogP contribution in [0.25, 0.3) is 0 Å². The Bertz CT molecular complexity index is 560. The summed E-state index contributed by atoms with van der Waals surface area (Å²) in [6, 6.07) is 0.257. The van der Waals surface area contributed by atoms with Gasteiger partial charge in [0.1, 0.15) is 11.6 Å². The van der Waals surface area contributed by atoms with Crippen LogP contribution in [0.2, 0.25) is 5.02 Å². The van der Waals surface area contributed by atoms with Gasteiger partial charge in [-0.3, -0.25) is 4.79 Å². The molecule has 1 N–H and O–H groups in total. The summed E-state index contributed by atoms with van der Waals surface area (Å²) in [6.07, 6.45) is -1.37. The lowest BCUT2D eigenvalue weighted by Crippen LogP contribution is -2.45. The van der Waals surface area contributed by atoms with Crippen molar-refractivity contribution in [3.63, 3.8) is 0 Å². The molecular formula is C12H16ClF3N4O. The van der Waals surface area contributed by atoms with Crippen molar-refractivity contribution >= 4 is 17.3 Å². The van der Waals surface area contributed by atoms with E-state index in [9.17, 15) is 18.0 Å². The first kappa shape index (κ1) is 16.1. The average Bonchev–Trinajstić information content (AvgIpc) is 2.43. The van der Waals surface area contributed by atoms with Gasteiger partial charge in [0.05, 0.1) is 11.9 Å². The van der Waals surface area contributed by atoms with Gasteiger partial charge < -0.3 is 10.2 Å². The van der Waals surface area contributed by atoms with E-state index < -0.39 is 18.3 Å². The Morgan fingerprint density at radius 1 is 1.52 bits per heavy atom. The van der Waals surface area contributed by atoms with Crippen molar-refractivity contribution in [3.05, 3.63) is 21.6 Å². The van der Waals surface area contributed by atoms with E-state index in [1.165, 1.54) is 6.20 Å². The van der Waals surface area contributed by atoms with Gasteiger partial charge in [0.15, 0.2) is 0 Å². The summed E-state index contributed by atoms with van der Waals surface area (Å²) in [6.45, 7) is -0.103. The van der Waals surface area contributed by atoms with E-state index in [0.717, 1.165) is 12.8 Å². The maximum absolute atomic E-state index is 12.3. The number of piperidine rings is 1. The molecule has 0 aliphatic carbocycles. The van der Waals surface area contributed by atoms with Crippen LogP contribution in [0.5, 0.6) is 0 Å². The van der Waals surface area contributed by atoms with Gasteiger partial charge in [-0.15, -0.1) is 0 Å². The van der Waals surface area contributed by atoms with Crippen molar-refractivity contribution < 1.29 is 13.2 Å². The molecule has 1 aliphatic heterocycles. The van der Waals surface area contributed by atoms with E-state index in [1.54, 1.807) is 0 Å². The summed E-state index contributed by atoms with van der Waals surface area (Å²) < 4.78 is 37.4. The summed E-state index contributed by atoms with van der Waals surface area (Å²) in [7, 11) is 1.84. The zero-order chi connectivity index (χ0) is 15.6. The largest absolute Gasteiger partial charge is 0.408 e. The van der Waals surface area contributed by atoms with Crippen LogP contribution in [0.4, 0.5) is 18.9 Å². The number of hydrogen-bond acceptors (Lipinski definition) is 4. The number of alkyl halides is 3. The van der Waals surface area contributed by atoms with Crippen molar-refractivity contribution in [1.82, 2.24) is 15.1 Å². The molecule has 2 rings (SSSR count). The predicted molar refractivity (Wildman–Crippen MR) is 73.9 cm³/mol. The monoisotopic (exact) mass is 324 g/mol. The molecule has 1 atom stereocenters. The topological polar surface area (TPSA) is 50.2 Å². The second-order valence-electron chi connectivity index (χ2n) is 5.00. The Hall–Kier alpha value is -1.28. The number of aromatic nitrogens is 2. The fraction of sp³-hybridized carbons (Fsp3) is 0.667. The van der Waals surface area contributed by atoms with Crippen LogP contribution < -0.4 is 15.8 Å². The Labute approximate surface area is 124 Å². The summed E-state index contributed by atoms with van der Waals surface area (Å²) in [5.74, 6) is 0. The third-order valence-electron chi connectivity index (χ3n) is 3.47. The van der Waals surface area contributed by atoms with Crippen LogP contribution in [-0.4, -0.2) is 42.1 Å². The van der Waals surface area contributed by atoms with Gasteiger partial charge in [-0.25, -0.2) is 4.68 Å². The quantitative estimate of drug-likeness (QED) is 0.918. The number of likely N-dealkylation sites (N-methyl/N-ethyl adjacent to an activating group) is 1. The Balaban J connectivity index is 2.26. The van der Waals surface area contributed by atoms with Gasteiger partial charge in [0, 0.05) is 19.1 Å². The third kappa shape index (κ3) is 3.88. The van der Waals surface area contributed by atoms with E-state index in [4.69, 9.17) is 11.6 Å². The lowest BCUT2D eigenvalue weighted by Gasteiger charge is -2.34. The minimum absolute atomic E-state index is 0.217. The summed E-state index contributed by atoms with van der Waals surface area (Å²) in [4.78, 5) is 13.8. The van der Waals surface area contributed by atoms with E-state index in [1.807, 2.05) is 11.9 Å². The molecule has 5 nitrogen and oxygen atoms in total. The lowest BCUT2D eigenvalue weighted by atomic mass is 10.1. The molecule has 1 aliphatic rings. The second-order valence-corrected chi connectivity index (χ2v) is 5.37. The molecule has 1 aromatic rings. The molecule has 0 aromatic carbocycles. The minimum Gasteiger partial charge on any atom is -0.367 e. The van der Waals surface area contributed by atoms with E-state index in [-0.39, 0.29) is 11.1 Å². The molecule has 0 radical (unpaired) electrons. The molecule has 2 heterocycles. The first-order chi connectivity index (χ1) is 9.81. The van der Waals surface area contributed by atoms with Crippen LogP contribution in [0, 0.1) is 0 Å². The molecular weight excluding hydrogens is 309 g/mol. The van der Waals surface area contributed by atoms with Crippen molar-refractivity contribution in [2.45, 2.75) is 31.6 Å². The van der Waals surface area contributed by atoms with Crippen LogP contribution in [0.3, 0.4) is 0 Å².